The fraction of sp³-hybridized carbons (Fsp3) is 0.154. The number of hydrogen-bond donors (Lipinski definition) is 1. The second kappa shape index (κ2) is 12.0. The number of benzene rings is 2. The number of aromatic amines is 1. The lowest BCUT2D eigenvalue weighted by atomic mass is 10.2. The lowest BCUT2D eigenvalue weighted by Crippen LogP contribution is -2.19. The minimum absolute atomic E-state index is 0.0288. The zero-order valence-electron chi connectivity index (χ0n) is 19.5. The van der Waals surface area contributed by atoms with Crippen LogP contribution in [0.1, 0.15) is 23.5 Å². The molecule has 0 radical (unpaired) electrons. The molecular formula is C26H21N5O3S3. The standard InChI is InChI=1S/C26H21N5O3S3/c32-22(34-13-19-14-35-24(27-19)17-7-3-1-4-8-17)12-11-21-23(33)29-26(31-30-21)37-16-20-15-36-25(28-20)18-9-5-2-6-10-18/h1-10,14-15H,11-13,16H2,(H,29,31,33). The molecule has 5 aromatic rings. The average Bonchev–Trinajstić information content (AvgIpc) is 3.61. The molecule has 0 fully saturated rings. The van der Waals surface area contributed by atoms with Crippen LogP contribution in [0.5, 0.6) is 0 Å². The van der Waals surface area contributed by atoms with E-state index >= 15 is 0 Å². The molecule has 0 unspecified atom stereocenters. The fourth-order valence-corrected chi connectivity index (χ4v) is 5.77. The molecule has 37 heavy (non-hydrogen) atoms. The van der Waals surface area contributed by atoms with Crippen molar-refractivity contribution in [2.24, 2.45) is 0 Å². The highest BCUT2D eigenvalue weighted by Crippen LogP contribution is 2.26. The van der Waals surface area contributed by atoms with Crippen molar-refractivity contribution in [3.63, 3.8) is 0 Å². The Morgan fingerprint density at radius 1 is 0.865 bits per heavy atom. The Morgan fingerprint density at radius 2 is 1.49 bits per heavy atom. The predicted octanol–water partition coefficient (Wildman–Crippen LogP) is 5.38. The third-order valence-corrected chi connectivity index (χ3v) is 7.97. The monoisotopic (exact) mass is 547 g/mol. The van der Waals surface area contributed by atoms with Gasteiger partial charge in [-0.1, -0.05) is 72.4 Å². The minimum Gasteiger partial charge on any atom is -0.459 e. The molecule has 186 valence electrons. The molecule has 3 aromatic heterocycles. The summed E-state index contributed by atoms with van der Waals surface area (Å²) in [6, 6.07) is 19.8. The third kappa shape index (κ3) is 6.76. The van der Waals surface area contributed by atoms with E-state index in [1.54, 1.807) is 11.3 Å². The summed E-state index contributed by atoms with van der Waals surface area (Å²) in [6.45, 7) is 0.0857. The molecule has 0 spiro atoms. The smallest absolute Gasteiger partial charge is 0.306 e. The molecule has 1 N–H and O–H groups in total. The van der Waals surface area contributed by atoms with Gasteiger partial charge in [-0.2, -0.15) is 0 Å². The molecule has 0 aliphatic heterocycles. The highest BCUT2D eigenvalue weighted by atomic mass is 32.2. The molecule has 0 atom stereocenters. The summed E-state index contributed by atoms with van der Waals surface area (Å²) in [7, 11) is 0. The van der Waals surface area contributed by atoms with Gasteiger partial charge in [0.1, 0.15) is 22.3 Å². The SMILES string of the molecule is O=C(CCc1nnc(SCc2csc(-c3ccccc3)n2)[nH]c1=O)OCc1csc(-c2ccccc2)n1. The summed E-state index contributed by atoms with van der Waals surface area (Å²) < 4.78 is 5.32. The van der Waals surface area contributed by atoms with Gasteiger partial charge in [-0.3, -0.25) is 14.6 Å². The van der Waals surface area contributed by atoms with Gasteiger partial charge in [0, 0.05) is 34.1 Å². The van der Waals surface area contributed by atoms with Crippen LogP contribution in [0.3, 0.4) is 0 Å². The average molecular weight is 548 g/mol. The van der Waals surface area contributed by atoms with Gasteiger partial charge in [0.05, 0.1) is 17.8 Å². The van der Waals surface area contributed by atoms with Crippen LogP contribution in [0.2, 0.25) is 0 Å². The summed E-state index contributed by atoms with van der Waals surface area (Å²) in [5.74, 6) is 0.133. The molecular weight excluding hydrogens is 527 g/mol. The van der Waals surface area contributed by atoms with Crippen molar-refractivity contribution in [2.75, 3.05) is 0 Å². The Balaban J connectivity index is 1.08. The first-order valence-corrected chi connectivity index (χ1v) is 14.1. The van der Waals surface area contributed by atoms with E-state index in [0.29, 0.717) is 16.6 Å². The van der Waals surface area contributed by atoms with Crippen LogP contribution in [-0.4, -0.2) is 31.1 Å². The van der Waals surface area contributed by atoms with E-state index < -0.39 is 5.97 Å². The summed E-state index contributed by atoms with van der Waals surface area (Å²) >= 11 is 4.43. The van der Waals surface area contributed by atoms with Gasteiger partial charge in [-0.05, 0) is 0 Å². The highest BCUT2D eigenvalue weighted by Gasteiger charge is 2.12. The maximum atomic E-state index is 12.4. The van der Waals surface area contributed by atoms with E-state index in [0.717, 1.165) is 26.8 Å². The number of hydrogen-bond acceptors (Lipinski definition) is 10. The lowest BCUT2D eigenvalue weighted by Gasteiger charge is -2.03. The summed E-state index contributed by atoms with van der Waals surface area (Å²) in [4.78, 5) is 36.5. The van der Waals surface area contributed by atoms with Crippen molar-refractivity contribution < 1.29 is 9.53 Å². The summed E-state index contributed by atoms with van der Waals surface area (Å²) in [5, 5.41) is 14.2. The number of ether oxygens (including phenoxy) is 1. The highest BCUT2D eigenvalue weighted by molar-refractivity contribution is 7.98. The Morgan fingerprint density at radius 3 is 2.14 bits per heavy atom. The molecule has 2 aromatic carbocycles. The number of nitrogens with zero attached hydrogens (tertiary/aromatic N) is 4. The van der Waals surface area contributed by atoms with Crippen molar-refractivity contribution >= 4 is 40.4 Å². The number of thiazole rings is 2. The maximum Gasteiger partial charge on any atom is 0.306 e. The quantitative estimate of drug-likeness (QED) is 0.183. The zero-order valence-corrected chi connectivity index (χ0v) is 21.9. The van der Waals surface area contributed by atoms with E-state index in [9.17, 15) is 9.59 Å². The van der Waals surface area contributed by atoms with Gasteiger partial charge < -0.3 is 4.74 Å². The number of aromatic nitrogens is 5. The first-order chi connectivity index (χ1) is 18.1. The number of nitrogens with one attached hydrogen (secondary N) is 1. The molecule has 0 amide bonds. The normalized spacial score (nSPS) is 10.9. The first-order valence-electron chi connectivity index (χ1n) is 11.4. The number of esters is 1. The van der Waals surface area contributed by atoms with Gasteiger partial charge in [0.25, 0.3) is 5.56 Å². The number of carbonyl (C=O) groups excluding carboxylic acids is 1. The van der Waals surface area contributed by atoms with E-state index in [-0.39, 0.29) is 30.7 Å². The molecule has 0 saturated carbocycles. The topological polar surface area (TPSA) is 111 Å². The molecule has 0 aliphatic carbocycles. The Bertz CT molecular complexity index is 1530. The van der Waals surface area contributed by atoms with Crippen LogP contribution in [0.25, 0.3) is 21.1 Å². The van der Waals surface area contributed by atoms with E-state index in [1.807, 2.05) is 71.4 Å². The molecule has 0 bridgehead atoms. The van der Waals surface area contributed by atoms with Crippen LogP contribution >= 0.6 is 34.4 Å². The zero-order chi connectivity index (χ0) is 25.5. The van der Waals surface area contributed by atoms with E-state index in [4.69, 9.17) is 4.74 Å². The molecule has 3 heterocycles. The Labute approximate surface area is 224 Å². The second-order valence-corrected chi connectivity index (χ2v) is 10.6. The molecule has 0 saturated heterocycles. The van der Waals surface area contributed by atoms with Crippen molar-refractivity contribution in [1.29, 1.82) is 0 Å². The Kier molecular flexibility index (Phi) is 8.14. The first kappa shape index (κ1) is 25.0. The van der Waals surface area contributed by atoms with Gasteiger partial charge in [-0.25, -0.2) is 9.97 Å². The van der Waals surface area contributed by atoms with Crippen LogP contribution < -0.4 is 5.56 Å². The second-order valence-electron chi connectivity index (χ2n) is 7.88. The fourth-order valence-electron chi connectivity index (χ4n) is 3.34. The van der Waals surface area contributed by atoms with Gasteiger partial charge in [0.15, 0.2) is 5.16 Å². The van der Waals surface area contributed by atoms with Gasteiger partial charge in [0.2, 0.25) is 0 Å². The number of carbonyl (C=O) groups is 1. The number of thioether (sulfide) groups is 1. The van der Waals surface area contributed by atoms with E-state index in [2.05, 4.69) is 25.1 Å². The maximum absolute atomic E-state index is 12.4. The van der Waals surface area contributed by atoms with Crippen molar-refractivity contribution in [3.8, 4) is 21.1 Å². The van der Waals surface area contributed by atoms with Crippen molar-refractivity contribution in [2.45, 2.75) is 30.4 Å². The number of rotatable bonds is 10. The molecule has 0 aliphatic rings. The number of H-pyrrole nitrogens is 1. The van der Waals surface area contributed by atoms with Crippen LogP contribution in [0.15, 0.2) is 81.4 Å². The summed E-state index contributed by atoms with van der Waals surface area (Å²) in [6.07, 6.45) is 0.173. The third-order valence-electron chi connectivity index (χ3n) is 5.19. The number of aryl methyl sites for hydroxylation is 1. The van der Waals surface area contributed by atoms with Crippen molar-refractivity contribution in [3.05, 3.63) is 98.9 Å². The van der Waals surface area contributed by atoms with Crippen LogP contribution in [-0.2, 0) is 28.3 Å². The largest absolute Gasteiger partial charge is 0.459 e. The minimum atomic E-state index is -0.424. The van der Waals surface area contributed by atoms with Gasteiger partial charge >= 0.3 is 5.97 Å². The van der Waals surface area contributed by atoms with Crippen LogP contribution in [0.4, 0.5) is 0 Å². The summed E-state index contributed by atoms with van der Waals surface area (Å²) in [5.41, 5.74) is 3.52. The van der Waals surface area contributed by atoms with Crippen LogP contribution in [0, 0.1) is 0 Å². The molecule has 8 nitrogen and oxygen atoms in total. The van der Waals surface area contributed by atoms with Crippen molar-refractivity contribution in [1.82, 2.24) is 25.1 Å². The molecule has 5 rings (SSSR count). The lowest BCUT2D eigenvalue weighted by molar-refractivity contribution is -0.145. The Hall–Kier alpha value is -3.67. The molecule has 11 heteroatoms. The predicted molar refractivity (Wildman–Crippen MR) is 145 cm³/mol. The van der Waals surface area contributed by atoms with Gasteiger partial charge in [-0.15, -0.1) is 32.9 Å². The van der Waals surface area contributed by atoms with E-state index in [1.165, 1.54) is 23.1 Å².